The number of halogens is 2. The van der Waals surface area contributed by atoms with E-state index in [4.69, 9.17) is 23.2 Å². The summed E-state index contributed by atoms with van der Waals surface area (Å²) in [7, 11) is 0. The van der Waals surface area contributed by atoms with Gasteiger partial charge in [-0.25, -0.2) is 0 Å². The molecule has 0 amide bonds. The summed E-state index contributed by atoms with van der Waals surface area (Å²) < 4.78 is 1.66. The zero-order chi connectivity index (χ0) is 14.1. The average Bonchev–Trinajstić information content (AvgIpc) is 3.22. The summed E-state index contributed by atoms with van der Waals surface area (Å²) >= 11 is 13.9. The third-order valence-electron chi connectivity index (χ3n) is 4.57. The topological polar surface area (TPSA) is 15.3 Å². The van der Waals surface area contributed by atoms with Gasteiger partial charge in [-0.3, -0.25) is 4.90 Å². The third kappa shape index (κ3) is 3.50. The first-order chi connectivity index (χ1) is 9.65. The van der Waals surface area contributed by atoms with Crippen molar-refractivity contribution < 1.29 is 0 Å². The number of thiophene rings is 1. The van der Waals surface area contributed by atoms with E-state index in [1.165, 1.54) is 62.2 Å². The lowest BCUT2D eigenvalue weighted by Crippen LogP contribution is -2.38. The molecule has 2 fully saturated rings. The molecule has 2 heterocycles. The number of nitrogens with one attached hydrogen (secondary N) is 1. The van der Waals surface area contributed by atoms with Gasteiger partial charge in [0.25, 0.3) is 0 Å². The number of hydrogen-bond donors (Lipinski definition) is 1. The summed E-state index contributed by atoms with van der Waals surface area (Å²) in [4.78, 5) is 2.67. The van der Waals surface area contributed by atoms with Crippen molar-refractivity contribution in [3.63, 3.8) is 0 Å². The van der Waals surface area contributed by atoms with Crippen LogP contribution in [0.1, 0.15) is 44.2 Å². The maximum absolute atomic E-state index is 6.35. The average molecular weight is 333 g/mol. The van der Waals surface area contributed by atoms with Gasteiger partial charge in [-0.15, -0.1) is 11.3 Å². The van der Waals surface area contributed by atoms with E-state index in [1.54, 1.807) is 0 Å². The molecule has 1 saturated heterocycles. The molecule has 1 aliphatic heterocycles. The fraction of sp³-hybridized carbons (Fsp3) is 0.733. The highest BCUT2D eigenvalue weighted by Crippen LogP contribution is 2.41. The molecule has 1 N–H and O–H groups in total. The van der Waals surface area contributed by atoms with Gasteiger partial charge < -0.3 is 5.32 Å². The summed E-state index contributed by atoms with van der Waals surface area (Å²) in [5.74, 6) is 0.826. The van der Waals surface area contributed by atoms with Crippen LogP contribution >= 0.6 is 34.5 Å². The van der Waals surface area contributed by atoms with Crippen LogP contribution in [-0.4, -0.2) is 30.6 Å². The Balaban J connectivity index is 1.71. The molecule has 0 radical (unpaired) electrons. The van der Waals surface area contributed by atoms with Crippen molar-refractivity contribution in [3.05, 3.63) is 20.3 Å². The number of rotatable bonds is 5. The normalized spacial score (nSPS) is 22.4. The van der Waals surface area contributed by atoms with E-state index >= 15 is 0 Å². The molecule has 2 aliphatic rings. The molecule has 1 aromatic heterocycles. The van der Waals surface area contributed by atoms with Crippen molar-refractivity contribution in [2.45, 2.75) is 44.7 Å². The van der Waals surface area contributed by atoms with Gasteiger partial charge in [0.15, 0.2) is 0 Å². The van der Waals surface area contributed by atoms with Crippen molar-refractivity contribution in [1.29, 1.82) is 0 Å². The van der Waals surface area contributed by atoms with Gasteiger partial charge in [-0.05, 0) is 57.7 Å². The van der Waals surface area contributed by atoms with E-state index in [2.05, 4.69) is 23.2 Å². The zero-order valence-electron chi connectivity index (χ0n) is 11.9. The highest BCUT2D eigenvalue weighted by Gasteiger charge is 2.35. The molecular formula is C15H22Cl2N2S. The highest BCUT2D eigenvalue weighted by atomic mass is 35.5. The van der Waals surface area contributed by atoms with Crippen LogP contribution in [0.3, 0.4) is 0 Å². The first-order valence-electron chi connectivity index (χ1n) is 7.56. The van der Waals surface area contributed by atoms with Gasteiger partial charge in [0.05, 0.1) is 8.67 Å². The van der Waals surface area contributed by atoms with Crippen LogP contribution in [0, 0.1) is 5.92 Å². The smallest absolute Gasteiger partial charge is 0.0991 e. The summed E-state index contributed by atoms with van der Waals surface area (Å²) in [6.45, 7) is 5.83. The molecule has 1 aromatic rings. The van der Waals surface area contributed by atoms with Crippen LogP contribution in [0.4, 0.5) is 0 Å². The van der Waals surface area contributed by atoms with E-state index < -0.39 is 0 Å². The molecule has 3 rings (SSSR count). The van der Waals surface area contributed by atoms with Crippen molar-refractivity contribution >= 4 is 34.5 Å². The van der Waals surface area contributed by atoms with Gasteiger partial charge >= 0.3 is 0 Å². The summed E-state index contributed by atoms with van der Waals surface area (Å²) in [5, 5.41) is 3.45. The first-order valence-corrected chi connectivity index (χ1v) is 9.13. The molecule has 1 aliphatic carbocycles. The Bertz CT molecular complexity index is 453. The fourth-order valence-corrected chi connectivity index (χ4v) is 4.84. The Kier molecular flexibility index (Phi) is 4.94. The Morgan fingerprint density at radius 2 is 2.00 bits per heavy atom. The zero-order valence-corrected chi connectivity index (χ0v) is 14.2. The highest BCUT2D eigenvalue weighted by molar-refractivity contribution is 7.20. The Hall–Kier alpha value is 0.200. The standard InChI is InChI=1S/C15H22Cl2N2S/c1-10(13-8-14(16)20-15(13)17)19(12-2-3-12)9-11-4-6-18-7-5-11/h8,10-12,18H,2-7,9H2,1H3. The van der Waals surface area contributed by atoms with Crippen molar-refractivity contribution in [2.24, 2.45) is 5.92 Å². The van der Waals surface area contributed by atoms with Gasteiger partial charge in [0, 0.05) is 24.2 Å². The van der Waals surface area contributed by atoms with E-state index in [0.717, 1.165) is 20.6 Å². The van der Waals surface area contributed by atoms with E-state index in [0.29, 0.717) is 6.04 Å². The minimum absolute atomic E-state index is 0.383. The van der Waals surface area contributed by atoms with Crippen LogP contribution in [0.25, 0.3) is 0 Å². The second-order valence-corrected chi connectivity index (χ2v) is 8.36. The molecule has 112 valence electrons. The SMILES string of the molecule is CC(c1cc(Cl)sc1Cl)N(CC1CCNCC1)C1CC1. The van der Waals surface area contributed by atoms with Crippen molar-refractivity contribution in [1.82, 2.24) is 10.2 Å². The predicted octanol–water partition coefficient (Wildman–Crippen LogP) is 4.58. The van der Waals surface area contributed by atoms with Crippen molar-refractivity contribution in [2.75, 3.05) is 19.6 Å². The van der Waals surface area contributed by atoms with E-state index in [-0.39, 0.29) is 0 Å². The molecule has 1 saturated carbocycles. The monoisotopic (exact) mass is 332 g/mol. The molecule has 0 aromatic carbocycles. The van der Waals surface area contributed by atoms with Crippen LogP contribution in [-0.2, 0) is 0 Å². The quantitative estimate of drug-likeness (QED) is 0.848. The molecule has 2 nitrogen and oxygen atoms in total. The number of nitrogens with zero attached hydrogens (tertiary/aromatic N) is 1. The summed E-state index contributed by atoms with van der Waals surface area (Å²) in [6.07, 6.45) is 5.28. The Morgan fingerprint density at radius 1 is 1.30 bits per heavy atom. The van der Waals surface area contributed by atoms with Crippen LogP contribution < -0.4 is 5.32 Å². The molecule has 1 atom stereocenters. The van der Waals surface area contributed by atoms with Gasteiger partial charge in [-0.1, -0.05) is 23.2 Å². The first kappa shape index (κ1) is 15.1. The van der Waals surface area contributed by atoms with Crippen LogP contribution in [0.5, 0.6) is 0 Å². The number of piperidine rings is 1. The second-order valence-electron chi connectivity index (χ2n) is 6.08. The Labute approximate surface area is 135 Å². The largest absolute Gasteiger partial charge is 0.317 e. The molecule has 0 spiro atoms. The summed E-state index contributed by atoms with van der Waals surface area (Å²) in [6, 6.07) is 3.19. The molecule has 0 bridgehead atoms. The molecule has 1 unspecified atom stereocenters. The van der Waals surface area contributed by atoms with E-state index in [9.17, 15) is 0 Å². The van der Waals surface area contributed by atoms with Crippen LogP contribution in [0.2, 0.25) is 8.67 Å². The summed E-state index contributed by atoms with van der Waals surface area (Å²) in [5.41, 5.74) is 1.21. The fourth-order valence-electron chi connectivity index (χ4n) is 3.21. The minimum atomic E-state index is 0.383. The van der Waals surface area contributed by atoms with Crippen molar-refractivity contribution in [3.8, 4) is 0 Å². The lowest BCUT2D eigenvalue weighted by Gasteiger charge is -2.34. The molecule has 5 heteroatoms. The predicted molar refractivity (Wildman–Crippen MR) is 88.1 cm³/mol. The minimum Gasteiger partial charge on any atom is -0.317 e. The molecule has 20 heavy (non-hydrogen) atoms. The maximum Gasteiger partial charge on any atom is 0.0991 e. The lowest BCUT2D eigenvalue weighted by molar-refractivity contribution is 0.152. The lowest BCUT2D eigenvalue weighted by atomic mass is 9.96. The Morgan fingerprint density at radius 3 is 2.55 bits per heavy atom. The molecular weight excluding hydrogens is 311 g/mol. The second kappa shape index (κ2) is 6.53. The maximum atomic E-state index is 6.35. The number of hydrogen-bond acceptors (Lipinski definition) is 3. The van der Waals surface area contributed by atoms with Gasteiger partial charge in [0.1, 0.15) is 0 Å². The van der Waals surface area contributed by atoms with E-state index in [1.807, 2.05) is 0 Å². The van der Waals surface area contributed by atoms with Gasteiger partial charge in [0.2, 0.25) is 0 Å². The van der Waals surface area contributed by atoms with Crippen LogP contribution in [0.15, 0.2) is 6.07 Å². The van der Waals surface area contributed by atoms with Gasteiger partial charge in [-0.2, -0.15) is 0 Å². The third-order valence-corrected chi connectivity index (χ3v) is 6.09.